The normalized spacial score (nSPS) is 11.3. The molecule has 0 N–H and O–H groups in total. The van der Waals surface area contributed by atoms with Crippen LogP contribution in [0.2, 0.25) is 0 Å². The Bertz CT molecular complexity index is 2980. The van der Waals surface area contributed by atoms with Crippen molar-refractivity contribution in [2.75, 3.05) is 28.4 Å². The SMILES string of the molecule is COc1ccc(-c2c3ccccc3c(-c3ccc(OC)cc3)c3c(-c4cccc5c(-c6ccc(OC)cc6)c6ccccc6c(-c6ccc(OC)cc6)c45)cccc23)cc1. The van der Waals surface area contributed by atoms with Gasteiger partial charge in [-0.1, -0.05) is 133 Å². The highest BCUT2D eigenvalue weighted by Crippen LogP contribution is 2.52. The molecule has 0 amide bonds. The molecule has 0 radical (unpaired) electrons. The Labute approximate surface area is 349 Å². The Morgan fingerprint density at radius 1 is 0.233 bits per heavy atom. The summed E-state index contributed by atoms with van der Waals surface area (Å²) in [6, 6.07) is 65.1. The van der Waals surface area contributed by atoms with Crippen LogP contribution in [0.4, 0.5) is 0 Å². The van der Waals surface area contributed by atoms with E-state index in [9.17, 15) is 0 Å². The first-order valence-electron chi connectivity index (χ1n) is 20.1. The lowest BCUT2D eigenvalue weighted by molar-refractivity contribution is 0.415. The molecule has 0 aliphatic carbocycles. The average molecular weight is 779 g/mol. The molecule has 10 aromatic carbocycles. The van der Waals surface area contributed by atoms with Crippen LogP contribution in [-0.2, 0) is 0 Å². The Hall–Kier alpha value is -7.56. The number of hydrogen-bond donors (Lipinski definition) is 0. The van der Waals surface area contributed by atoms with E-state index in [4.69, 9.17) is 18.9 Å². The topological polar surface area (TPSA) is 36.9 Å². The standard InChI is InChI=1S/C56H42O4/c1-57-39-27-19-35(20-28-39)51-43-11-5-7-13-45(43)53(37-23-31-41(59-3)32-24-37)55-47(15-9-17-49(51)55)48-16-10-18-50-52(36-21-29-40(58-2)30-22-36)44-12-6-8-14-46(44)54(56(48)50)38-25-33-42(60-4)34-26-38/h5-34H,1-4H3. The van der Waals surface area contributed by atoms with E-state index in [0.717, 1.165) is 56.4 Å². The number of ether oxygens (including phenoxy) is 4. The van der Waals surface area contributed by atoms with Gasteiger partial charge in [0.25, 0.3) is 0 Å². The summed E-state index contributed by atoms with van der Waals surface area (Å²) >= 11 is 0. The van der Waals surface area contributed by atoms with Gasteiger partial charge in [0.15, 0.2) is 0 Å². The second kappa shape index (κ2) is 15.3. The van der Waals surface area contributed by atoms with Crippen molar-refractivity contribution in [3.63, 3.8) is 0 Å². The summed E-state index contributed by atoms with van der Waals surface area (Å²) in [7, 11) is 6.85. The number of methoxy groups -OCH3 is 4. The van der Waals surface area contributed by atoms with E-state index >= 15 is 0 Å². The molecule has 4 heteroatoms. The van der Waals surface area contributed by atoms with Crippen molar-refractivity contribution in [1.29, 1.82) is 0 Å². The van der Waals surface area contributed by atoms with Gasteiger partial charge in [-0.2, -0.15) is 0 Å². The molecule has 10 aromatic rings. The highest BCUT2D eigenvalue weighted by Gasteiger charge is 2.24. The minimum absolute atomic E-state index is 0.818. The summed E-state index contributed by atoms with van der Waals surface area (Å²) in [5, 5.41) is 9.41. The predicted molar refractivity (Wildman–Crippen MR) is 250 cm³/mol. The molecule has 0 saturated heterocycles. The summed E-state index contributed by atoms with van der Waals surface area (Å²) < 4.78 is 22.5. The summed E-state index contributed by atoms with van der Waals surface area (Å²) in [4.78, 5) is 0. The molecule has 0 aliphatic rings. The minimum Gasteiger partial charge on any atom is -0.497 e. The molecular weight excluding hydrogens is 737 g/mol. The maximum Gasteiger partial charge on any atom is 0.118 e. The second-order valence-corrected chi connectivity index (χ2v) is 15.0. The highest BCUT2D eigenvalue weighted by atomic mass is 16.5. The molecule has 4 nitrogen and oxygen atoms in total. The van der Waals surface area contributed by atoms with Crippen molar-refractivity contribution in [3.05, 3.63) is 182 Å². The first-order chi connectivity index (χ1) is 29.6. The van der Waals surface area contributed by atoms with E-state index in [2.05, 4.69) is 182 Å². The minimum atomic E-state index is 0.818. The Morgan fingerprint density at radius 3 is 0.767 bits per heavy atom. The molecule has 0 unspecified atom stereocenters. The van der Waals surface area contributed by atoms with Crippen LogP contribution in [0.1, 0.15) is 0 Å². The number of fused-ring (bicyclic) bond motifs is 4. The van der Waals surface area contributed by atoms with Crippen LogP contribution in [0, 0.1) is 0 Å². The van der Waals surface area contributed by atoms with Gasteiger partial charge in [0.2, 0.25) is 0 Å². The Morgan fingerprint density at radius 2 is 0.483 bits per heavy atom. The zero-order valence-electron chi connectivity index (χ0n) is 34.0. The zero-order valence-corrected chi connectivity index (χ0v) is 34.0. The molecule has 0 fully saturated rings. The molecule has 0 atom stereocenters. The van der Waals surface area contributed by atoms with Crippen LogP contribution in [0.25, 0.3) is 98.7 Å². The molecule has 60 heavy (non-hydrogen) atoms. The van der Waals surface area contributed by atoms with Crippen molar-refractivity contribution in [2.24, 2.45) is 0 Å². The summed E-state index contributed by atoms with van der Waals surface area (Å²) in [6.45, 7) is 0. The molecule has 0 spiro atoms. The van der Waals surface area contributed by atoms with Gasteiger partial charge < -0.3 is 18.9 Å². The van der Waals surface area contributed by atoms with Crippen LogP contribution < -0.4 is 18.9 Å². The van der Waals surface area contributed by atoms with Gasteiger partial charge in [0.1, 0.15) is 23.0 Å². The van der Waals surface area contributed by atoms with Crippen LogP contribution in [0.5, 0.6) is 23.0 Å². The van der Waals surface area contributed by atoms with Crippen molar-refractivity contribution in [2.45, 2.75) is 0 Å². The van der Waals surface area contributed by atoms with Crippen molar-refractivity contribution >= 4 is 43.1 Å². The predicted octanol–water partition coefficient (Wildman–Crippen LogP) is 14.7. The quantitative estimate of drug-likeness (QED) is 0.137. The van der Waals surface area contributed by atoms with Gasteiger partial charge in [-0.15, -0.1) is 0 Å². The number of rotatable bonds is 9. The van der Waals surface area contributed by atoms with Crippen molar-refractivity contribution in [1.82, 2.24) is 0 Å². The largest absolute Gasteiger partial charge is 0.497 e. The molecule has 0 bridgehead atoms. The molecule has 0 aliphatic heterocycles. The van der Waals surface area contributed by atoms with E-state index in [1.165, 1.54) is 65.3 Å². The fourth-order valence-corrected chi connectivity index (χ4v) is 9.16. The third-order valence-electron chi connectivity index (χ3n) is 11.9. The van der Waals surface area contributed by atoms with Crippen LogP contribution in [-0.4, -0.2) is 28.4 Å². The molecule has 290 valence electrons. The second-order valence-electron chi connectivity index (χ2n) is 15.0. The van der Waals surface area contributed by atoms with Gasteiger partial charge in [-0.3, -0.25) is 0 Å². The molecule has 0 saturated carbocycles. The fraction of sp³-hybridized carbons (Fsp3) is 0.0714. The third kappa shape index (κ3) is 6.08. The van der Waals surface area contributed by atoms with Gasteiger partial charge in [-0.25, -0.2) is 0 Å². The van der Waals surface area contributed by atoms with E-state index in [-0.39, 0.29) is 0 Å². The van der Waals surface area contributed by atoms with Gasteiger partial charge in [0, 0.05) is 0 Å². The monoisotopic (exact) mass is 778 g/mol. The van der Waals surface area contributed by atoms with Gasteiger partial charge in [-0.05, 0) is 147 Å². The smallest absolute Gasteiger partial charge is 0.118 e. The molecule has 10 rings (SSSR count). The first-order valence-corrected chi connectivity index (χ1v) is 20.1. The van der Waals surface area contributed by atoms with E-state index in [1.54, 1.807) is 28.4 Å². The lowest BCUT2D eigenvalue weighted by Gasteiger charge is -2.23. The fourth-order valence-electron chi connectivity index (χ4n) is 9.16. The number of benzene rings is 10. The number of hydrogen-bond acceptors (Lipinski definition) is 4. The van der Waals surface area contributed by atoms with E-state index < -0.39 is 0 Å². The maximum atomic E-state index is 5.66. The van der Waals surface area contributed by atoms with Crippen LogP contribution >= 0.6 is 0 Å². The summed E-state index contributed by atoms with van der Waals surface area (Å²) in [5.41, 5.74) is 11.5. The molecule has 0 heterocycles. The zero-order chi connectivity index (χ0) is 40.7. The lowest BCUT2D eigenvalue weighted by atomic mass is 9.80. The molecule has 0 aromatic heterocycles. The van der Waals surface area contributed by atoms with E-state index in [0.29, 0.717) is 0 Å². The Kier molecular flexibility index (Phi) is 9.38. The Balaban J connectivity index is 1.40. The van der Waals surface area contributed by atoms with Crippen molar-refractivity contribution in [3.8, 4) is 78.6 Å². The maximum absolute atomic E-state index is 5.66. The van der Waals surface area contributed by atoms with Crippen molar-refractivity contribution < 1.29 is 18.9 Å². The molecular formula is C56H42O4. The van der Waals surface area contributed by atoms with Gasteiger partial charge >= 0.3 is 0 Å². The summed E-state index contributed by atoms with van der Waals surface area (Å²) in [6.07, 6.45) is 0. The van der Waals surface area contributed by atoms with E-state index in [1.807, 2.05) is 0 Å². The van der Waals surface area contributed by atoms with Gasteiger partial charge in [0.05, 0.1) is 28.4 Å². The highest BCUT2D eigenvalue weighted by molar-refractivity contribution is 6.29. The third-order valence-corrected chi connectivity index (χ3v) is 11.9. The first kappa shape index (κ1) is 36.8. The average Bonchev–Trinajstić information content (AvgIpc) is 3.32. The van der Waals surface area contributed by atoms with Crippen LogP contribution in [0.15, 0.2) is 182 Å². The summed E-state index contributed by atoms with van der Waals surface area (Å²) in [5.74, 6) is 3.28. The van der Waals surface area contributed by atoms with Crippen LogP contribution in [0.3, 0.4) is 0 Å². The lowest BCUT2D eigenvalue weighted by Crippen LogP contribution is -1.96.